The molecule has 1 atom stereocenters. The number of rotatable bonds is 2. The van der Waals surface area contributed by atoms with Gasteiger partial charge in [-0.2, -0.15) is 4.37 Å². The van der Waals surface area contributed by atoms with E-state index in [1.807, 2.05) is 0 Å². The highest BCUT2D eigenvalue weighted by Gasteiger charge is 2.24. The lowest BCUT2D eigenvalue weighted by molar-refractivity contribution is 0.453. The summed E-state index contributed by atoms with van der Waals surface area (Å²) in [7, 11) is 0. The van der Waals surface area contributed by atoms with Gasteiger partial charge in [-0.3, -0.25) is 0 Å². The number of alkyl halides is 1. The maximum Gasteiger partial charge on any atom is 0.205 e. The second-order valence-corrected chi connectivity index (χ2v) is 7.14. The molecule has 17 heavy (non-hydrogen) atoms. The van der Waals surface area contributed by atoms with E-state index >= 15 is 0 Å². The third-order valence-electron chi connectivity index (χ3n) is 3.09. The van der Waals surface area contributed by atoms with Crippen molar-refractivity contribution < 1.29 is 0 Å². The highest BCUT2D eigenvalue weighted by molar-refractivity contribution is 9.09. The van der Waals surface area contributed by atoms with Crippen molar-refractivity contribution in [1.82, 2.24) is 9.36 Å². The van der Waals surface area contributed by atoms with Gasteiger partial charge in [-0.05, 0) is 18.8 Å². The molecule has 1 aliphatic rings. The van der Waals surface area contributed by atoms with E-state index in [1.165, 1.54) is 12.8 Å². The molecule has 2 rings (SSSR count). The Labute approximate surface area is 116 Å². The van der Waals surface area contributed by atoms with Crippen LogP contribution in [-0.4, -0.2) is 27.8 Å². The van der Waals surface area contributed by atoms with Gasteiger partial charge in [0.15, 0.2) is 0 Å². The Balaban J connectivity index is 2.09. The molecule has 2 heterocycles. The van der Waals surface area contributed by atoms with Crippen LogP contribution in [0.25, 0.3) is 0 Å². The molecule has 1 fully saturated rings. The molecule has 1 aromatic rings. The van der Waals surface area contributed by atoms with Crippen LogP contribution in [0.2, 0.25) is 0 Å². The summed E-state index contributed by atoms with van der Waals surface area (Å²) in [5, 5.41) is 2.19. The molecule has 96 valence electrons. The van der Waals surface area contributed by atoms with Crippen molar-refractivity contribution in [2.45, 2.75) is 39.0 Å². The summed E-state index contributed by atoms with van der Waals surface area (Å²) in [6.45, 7) is 8.73. The van der Waals surface area contributed by atoms with E-state index in [0.717, 1.165) is 35.3 Å². The average Bonchev–Trinajstić information content (AvgIpc) is 2.78. The van der Waals surface area contributed by atoms with Crippen molar-refractivity contribution in [3.63, 3.8) is 0 Å². The van der Waals surface area contributed by atoms with Crippen LogP contribution >= 0.6 is 27.5 Å². The molecule has 0 amide bonds. The number of nitrogens with zero attached hydrogens (tertiary/aromatic N) is 3. The zero-order chi connectivity index (χ0) is 12.5. The van der Waals surface area contributed by atoms with Crippen molar-refractivity contribution in [3.8, 4) is 0 Å². The Bertz CT molecular complexity index is 372. The van der Waals surface area contributed by atoms with E-state index in [4.69, 9.17) is 4.98 Å². The Kier molecular flexibility index (Phi) is 4.08. The van der Waals surface area contributed by atoms with Crippen LogP contribution in [0, 0.1) is 5.92 Å². The monoisotopic (exact) mass is 317 g/mol. The number of halogens is 1. The fourth-order valence-corrected chi connectivity index (χ4v) is 3.43. The van der Waals surface area contributed by atoms with E-state index in [1.54, 1.807) is 11.5 Å². The normalized spacial score (nSPS) is 21.9. The lowest BCUT2D eigenvalue weighted by atomic mass is 9.96. The first kappa shape index (κ1) is 13.3. The van der Waals surface area contributed by atoms with E-state index in [9.17, 15) is 0 Å². The van der Waals surface area contributed by atoms with Crippen molar-refractivity contribution >= 4 is 32.6 Å². The van der Waals surface area contributed by atoms with Crippen LogP contribution in [0.3, 0.4) is 0 Å². The van der Waals surface area contributed by atoms with Gasteiger partial charge < -0.3 is 4.90 Å². The van der Waals surface area contributed by atoms with Crippen LogP contribution in [0.4, 0.5) is 5.13 Å². The summed E-state index contributed by atoms with van der Waals surface area (Å²) in [5.74, 6) is 1.73. The van der Waals surface area contributed by atoms with Crippen molar-refractivity contribution in [2.24, 2.45) is 5.92 Å². The maximum atomic E-state index is 4.69. The molecule has 1 aliphatic heterocycles. The van der Waals surface area contributed by atoms with Crippen LogP contribution in [0.5, 0.6) is 0 Å². The molecule has 1 saturated heterocycles. The van der Waals surface area contributed by atoms with E-state index in [0.29, 0.717) is 0 Å². The van der Waals surface area contributed by atoms with Gasteiger partial charge in [0.2, 0.25) is 5.13 Å². The van der Waals surface area contributed by atoms with Crippen LogP contribution < -0.4 is 4.90 Å². The van der Waals surface area contributed by atoms with Gasteiger partial charge >= 0.3 is 0 Å². The number of aromatic nitrogens is 2. The smallest absolute Gasteiger partial charge is 0.205 e. The standard InChI is InChI=1S/C12H20BrN3S/c1-12(2,3)10-14-11(17-15-10)16-6-4-5-9(7-13)8-16/h9H,4-8H2,1-3H3. The van der Waals surface area contributed by atoms with E-state index in [2.05, 4.69) is 46.0 Å². The van der Waals surface area contributed by atoms with Gasteiger partial charge in [-0.15, -0.1) is 0 Å². The molecule has 0 aromatic carbocycles. The molecule has 5 heteroatoms. The molecule has 0 aliphatic carbocycles. The lowest BCUT2D eigenvalue weighted by Crippen LogP contribution is -2.36. The molecule has 0 radical (unpaired) electrons. The summed E-state index contributed by atoms with van der Waals surface area (Å²) in [6, 6.07) is 0. The predicted octanol–water partition coefficient (Wildman–Crippen LogP) is 3.45. The zero-order valence-corrected chi connectivity index (χ0v) is 13.1. The second kappa shape index (κ2) is 5.22. The molecule has 0 saturated carbocycles. The number of hydrogen-bond acceptors (Lipinski definition) is 4. The third-order valence-corrected chi connectivity index (χ3v) is 4.79. The summed E-state index contributed by atoms with van der Waals surface area (Å²) >= 11 is 5.13. The second-order valence-electron chi connectivity index (χ2n) is 5.76. The Morgan fingerprint density at radius 2 is 2.24 bits per heavy atom. The molecule has 1 unspecified atom stereocenters. The van der Waals surface area contributed by atoms with Crippen LogP contribution in [-0.2, 0) is 5.41 Å². The van der Waals surface area contributed by atoms with E-state index < -0.39 is 0 Å². The van der Waals surface area contributed by atoms with Gasteiger partial charge in [0, 0.05) is 35.4 Å². The van der Waals surface area contributed by atoms with Crippen LogP contribution in [0.1, 0.15) is 39.4 Å². The first-order valence-corrected chi connectivity index (χ1v) is 8.05. The Hall–Kier alpha value is -0.160. The quantitative estimate of drug-likeness (QED) is 0.782. The van der Waals surface area contributed by atoms with Gasteiger partial charge in [0.1, 0.15) is 5.82 Å². The summed E-state index contributed by atoms with van der Waals surface area (Å²) in [5.41, 5.74) is 0.0549. The number of piperidine rings is 1. The third kappa shape index (κ3) is 3.19. The van der Waals surface area contributed by atoms with Gasteiger partial charge in [-0.25, -0.2) is 4.98 Å². The predicted molar refractivity (Wildman–Crippen MR) is 77.3 cm³/mol. The average molecular weight is 318 g/mol. The summed E-state index contributed by atoms with van der Waals surface area (Å²) < 4.78 is 4.49. The van der Waals surface area contributed by atoms with E-state index in [-0.39, 0.29) is 5.41 Å². The summed E-state index contributed by atoms with van der Waals surface area (Å²) in [6.07, 6.45) is 2.59. The summed E-state index contributed by atoms with van der Waals surface area (Å²) in [4.78, 5) is 7.08. The molecular weight excluding hydrogens is 298 g/mol. The zero-order valence-electron chi connectivity index (χ0n) is 10.7. The Morgan fingerprint density at radius 3 is 2.82 bits per heavy atom. The minimum atomic E-state index is 0.0549. The molecule has 0 spiro atoms. The maximum absolute atomic E-state index is 4.69. The molecule has 0 N–H and O–H groups in total. The molecule has 3 nitrogen and oxygen atoms in total. The van der Waals surface area contributed by atoms with Crippen LogP contribution in [0.15, 0.2) is 0 Å². The largest absolute Gasteiger partial charge is 0.347 e. The van der Waals surface area contributed by atoms with Crippen molar-refractivity contribution in [1.29, 1.82) is 0 Å². The number of anilines is 1. The topological polar surface area (TPSA) is 29.0 Å². The minimum absolute atomic E-state index is 0.0549. The minimum Gasteiger partial charge on any atom is -0.347 e. The van der Waals surface area contributed by atoms with Gasteiger partial charge in [0.05, 0.1) is 0 Å². The molecule has 1 aromatic heterocycles. The first-order valence-electron chi connectivity index (χ1n) is 6.16. The number of hydrogen-bond donors (Lipinski definition) is 0. The SMILES string of the molecule is CC(C)(C)c1nsc(N2CCCC(CBr)C2)n1. The highest BCUT2D eigenvalue weighted by Crippen LogP contribution is 2.28. The van der Waals surface area contributed by atoms with Gasteiger partial charge in [-0.1, -0.05) is 36.7 Å². The first-order chi connectivity index (χ1) is 8.00. The van der Waals surface area contributed by atoms with Gasteiger partial charge in [0.25, 0.3) is 0 Å². The Morgan fingerprint density at radius 1 is 1.47 bits per heavy atom. The van der Waals surface area contributed by atoms with Crippen molar-refractivity contribution in [2.75, 3.05) is 23.3 Å². The highest BCUT2D eigenvalue weighted by atomic mass is 79.9. The fraction of sp³-hybridized carbons (Fsp3) is 0.833. The lowest BCUT2D eigenvalue weighted by Gasteiger charge is -2.31. The van der Waals surface area contributed by atoms with Crippen molar-refractivity contribution in [3.05, 3.63) is 5.82 Å². The fourth-order valence-electron chi connectivity index (χ4n) is 2.01. The molecule has 0 bridgehead atoms. The molecular formula is C12H20BrN3S.